The molecule has 3 saturated carbocycles. The highest BCUT2D eigenvalue weighted by atomic mass is 35.5. The minimum absolute atomic E-state index is 0.0331. The number of nitrogens with one attached hydrogen (secondary N) is 3. The Morgan fingerprint density at radius 1 is 1.05 bits per heavy atom. The molecule has 4 heterocycles. The molecule has 2 saturated heterocycles. The maximum Gasteiger partial charge on any atom is 0.408 e. The predicted molar refractivity (Wildman–Crippen MR) is 248 cm³/mol. The summed E-state index contributed by atoms with van der Waals surface area (Å²) in [5.41, 5.74) is -0.832. The number of alkyl carbamates (subject to hydrolysis) is 1. The third-order valence-electron chi connectivity index (χ3n) is 13.8. The lowest BCUT2D eigenvalue weighted by Gasteiger charge is -2.41. The van der Waals surface area contributed by atoms with Crippen LogP contribution in [0.25, 0.3) is 22.3 Å². The lowest BCUT2D eigenvalue weighted by molar-refractivity contribution is -0.146. The summed E-state index contributed by atoms with van der Waals surface area (Å²) in [5.74, 6) is -0.397. The Kier molecular flexibility index (Phi) is 13.3. The first-order valence-electron chi connectivity index (χ1n) is 23.1. The van der Waals surface area contributed by atoms with Crippen molar-refractivity contribution in [1.82, 2.24) is 30.4 Å². The average Bonchev–Trinajstić information content (AvgIpc) is 3.91. The number of carbonyl (C=O) groups is 4. The van der Waals surface area contributed by atoms with Crippen LogP contribution in [0.1, 0.15) is 93.9 Å². The van der Waals surface area contributed by atoms with Crippen molar-refractivity contribution >= 4 is 62.8 Å². The summed E-state index contributed by atoms with van der Waals surface area (Å²) in [6.07, 6.45) is 2.09. The lowest BCUT2D eigenvalue weighted by atomic mass is 9.85. The van der Waals surface area contributed by atoms with Crippen molar-refractivity contribution in [1.29, 1.82) is 0 Å². The standard InChI is InChI=1S/C47H64ClN7O9S/c1-9-28-21-47(28,42(58)59)53-40(56)34-19-30(22-55(34)41(57)39(45(4,5)6)52-44(60)64-29-17-26-16-27(26)18-29)63-36-20-32(33-23-65-43(51-33)49-25(2)3)50-38-31(36)10-11-35(37(38)48)62-15-13-54-12-14-61-24-46(54,7)8/h10-11,20,23,25-30,34,39H,9,12-19,21-22,24H2,1-8H3,(H,49,51)(H,52,60)(H,53,56)(H,58,59)/t26-,27+,28-,29?,30-,34+,39-,47?/m1/s1. The second kappa shape index (κ2) is 18.3. The molecule has 3 aliphatic carbocycles. The number of morpholine rings is 1. The van der Waals surface area contributed by atoms with Crippen molar-refractivity contribution in [2.24, 2.45) is 23.2 Å². The van der Waals surface area contributed by atoms with E-state index < -0.39 is 53.0 Å². The Hall–Kier alpha value is -4.45. The molecule has 5 fully saturated rings. The van der Waals surface area contributed by atoms with E-state index in [0.717, 1.165) is 24.5 Å². The van der Waals surface area contributed by atoms with Gasteiger partial charge in [0.2, 0.25) is 11.8 Å². The zero-order valence-electron chi connectivity index (χ0n) is 38.7. The van der Waals surface area contributed by atoms with Crippen molar-refractivity contribution < 1.29 is 43.2 Å². The number of thiazole rings is 1. The number of hydrogen-bond donors (Lipinski definition) is 4. The number of ether oxygens (including phenoxy) is 4. The van der Waals surface area contributed by atoms with Gasteiger partial charge in [-0.2, -0.15) is 0 Å². The number of aromatic nitrogens is 2. The smallest absolute Gasteiger partial charge is 0.408 e. The number of pyridine rings is 1. The summed E-state index contributed by atoms with van der Waals surface area (Å²) in [5, 5.41) is 22.8. The molecule has 2 aromatic heterocycles. The van der Waals surface area contributed by atoms with E-state index in [4.69, 9.17) is 40.5 Å². The molecule has 354 valence electrons. The average molecular weight is 939 g/mol. The van der Waals surface area contributed by atoms with E-state index >= 15 is 0 Å². The molecule has 3 amide bonds. The highest BCUT2D eigenvalue weighted by Gasteiger charge is 2.61. The van der Waals surface area contributed by atoms with Gasteiger partial charge < -0.3 is 44.9 Å². The number of benzene rings is 1. The zero-order valence-corrected chi connectivity index (χ0v) is 40.3. The van der Waals surface area contributed by atoms with E-state index in [0.29, 0.717) is 89.9 Å². The van der Waals surface area contributed by atoms with Crippen molar-refractivity contribution in [3.8, 4) is 22.9 Å². The van der Waals surface area contributed by atoms with Gasteiger partial charge in [0, 0.05) is 47.9 Å². The van der Waals surface area contributed by atoms with Crippen LogP contribution >= 0.6 is 22.9 Å². The molecule has 2 aliphatic heterocycles. The quantitative estimate of drug-likeness (QED) is 0.115. The van der Waals surface area contributed by atoms with Crippen molar-refractivity contribution in [3.63, 3.8) is 0 Å². The molecule has 3 aromatic rings. The van der Waals surface area contributed by atoms with E-state index in [1.165, 1.54) is 22.7 Å². The van der Waals surface area contributed by atoms with Crippen LogP contribution in [0.5, 0.6) is 11.5 Å². The summed E-state index contributed by atoms with van der Waals surface area (Å²) in [6.45, 7) is 18.9. The lowest BCUT2D eigenvalue weighted by Crippen LogP contribution is -2.59. The fourth-order valence-electron chi connectivity index (χ4n) is 9.85. The van der Waals surface area contributed by atoms with Gasteiger partial charge >= 0.3 is 12.1 Å². The molecular formula is C47H64ClN7O9S. The summed E-state index contributed by atoms with van der Waals surface area (Å²) < 4.78 is 24.6. The van der Waals surface area contributed by atoms with Gasteiger partial charge in [0.1, 0.15) is 58.7 Å². The molecule has 2 unspecified atom stereocenters. The fourth-order valence-corrected chi connectivity index (χ4v) is 11.0. The van der Waals surface area contributed by atoms with Gasteiger partial charge in [0.25, 0.3) is 0 Å². The summed E-state index contributed by atoms with van der Waals surface area (Å²) >= 11 is 8.61. The minimum Gasteiger partial charge on any atom is -0.491 e. The van der Waals surface area contributed by atoms with Crippen LogP contribution in [0.4, 0.5) is 9.93 Å². The summed E-state index contributed by atoms with van der Waals surface area (Å²) in [4.78, 5) is 68.7. The molecule has 0 radical (unpaired) electrons. The number of carbonyl (C=O) groups excluding carboxylic acids is 3. The number of halogens is 1. The van der Waals surface area contributed by atoms with Crippen LogP contribution < -0.4 is 25.4 Å². The topological polar surface area (TPSA) is 194 Å². The van der Waals surface area contributed by atoms with Gasteiger partial charge in [-0.15, -0.1) is 11.3 Å². The molecule has 1 aromatic carbocycles. The number of nitrogens with zero attached hydrogens (tertiary/aromatic N) is 4. The number of hydrogen-bond acceptors (Lipinski definition) is 13. The van der Waals surface area contributed by atoms with Gasteiger partial charge in [-0.3, -0.25) is 14.5 Å². The number of rotatable bonds is 16. The van der Waals surface area contributed by atoms with Crippen LogP contribution in [0.2, 0.25) is 5.02 Å². The third-order valence-corrected chi connectivity index (χ3v) is 14.9. The molecule has 4 N–H and O–H groups in total. The Labute approximate surface area is 389 Å². The molecule has 0 spiro atoms. The molecule has 5 aliphatic rings. The highest BCUT2D eigenvalue weighted by molar-refractivity contribution is 7.14. The molecule has 0 bridgehead atoms. The zero-order chi connectivity index (χ0) is 46.6. The van der Waals surface area contributed by atoms with E-state index in [1.54, 1.807) is 12.1 Å². The first-order chi connectivity index (χ1) is 30.8. The maximum absolute atomic E-state index is 14.8. The van der Waals surface area contributed by atoms with E-state index in [-0.39, 0.29) is 36.6 Å². The van der Waals surface area contributed by atoms with Crippen LogP contribution in [-0.2, 0) is 23.9 Å². The predicted octanol–water partition coefficient (Wildman–Crippen LogP) is 6.98. The van der Waals surface area contributed by atoms with Gasteiger partial charge in [-0.05, 0) is 88.7 Å². The molecule has 16 nitrogen and oxygen atoms in total. The first-order valence-corrected chi connectivity index (χ1v) is 24.3. The first kappa shape index (κ1) is 47.1. The summed E-state index contributed by atoms with van der Waals surface area (Å²) in [6, 6.07) is 3.38. The van der Waals surface area contributed by atoms with Gasteiger partial charge in [-0.1, -0.05) is 45.7 Å². The number of fused-ring (bicyclic) bond motifs is 2. The van der Waals surface area contributed by atoms with Gasteiger partial charge in [0.15, 0.2) is 5.13 Å². The van der Waals surface area contributed by atoms with E-state index in [9.17, 15) is 24.3 Å². The monoisotopic (exact) mass is 937 g/mol. The van der Waals surface area contributed by atoms with Gasteiger partial charge in [-0.25, -0.2) is 19.6 Å². The number of likely N-dealkylation sites (tertiary alicyclic amines) is 1. The second-order valence-electron chi connectivity index (χ2n) is 20.6. The number of aliphatic carboxylic acids is 1. The van der Waals surface area contributed by atoms with Crippen LogP contribution in [0.15, 0.2) is 23.6 Å². The molecule has 65 heavy (non-hydrogen) atoms. The van der Waals surface area contributed by atoms with E-state index in [1.807, 2.05) is 53.0 Å². The minimum atomic E-state index is -1.42. The summed E-state index contributed by atoms with van der Waals surface area (Å²) in [7, 11) is 0. The Morgan fingerprint density at radius 2 is 1.80 bits per heavy atom. The Balaban J connectivity index is 1.09. The number of amides is 3. The normalized spacial score (nSPS) is 27.5. The highest BCUT2D eigenvalue weighted by Crippen LogP contribution is 2.52. The SMILES string of the molecule is CC[C@@H]1CC1(NC(=O)[C@@H]1C[C@@H](Oc2cc(-c3csc(NC(C)C)n3)nc3c(Cl)c(OCCN4CCOCC4(C)C)ccc23)CN1C(=O)[C@@H](NC(=O)OC1C[C@@H]2C[C@@H]2C1)C(C)(C)C)C(=O)O. The maximum atomic E-state index is 14.8. The van der Waals surface area contributed by atoms with Crippen LogP contribution in [-0.4, -0.2) is 130 Å². The third kappa shape index (κ3) is 10.1. The number of carboxylic acids is 1. The van der Waals surface area contributed by atoms with E-state index in [2.05, 4.69) is 34.7 Å². The van der Waals surface area contributed by atoms with Crippen molar-refractivity contribution in [2.45, 2.75) is 135 Å². The van der Waals surface area contributed by atoms with Crippen LogP contribution in [0.3, 0.4) is 0 Å². The Morgan fingerprint density at radius 3 is 2.46 bits per heavy atom. The fraction of sp³-hybridized carbons (Fsp3) is 0.660. The Bertz CT molecular complexity index is 2290. The van der Waals surface area contributed by atoms with Crippen molar-refractivity contribution in [2.75, 3.05) is 44.8 Å². The number of anilines is 1. The molecule has 18 heteroatoms. The van der Waals surface area contributed by atoms with Gasteiger partial charge in [0.05, 0.1) is 31.0 Å². The molecular weight excluding hydrogens is 874 g/mol. The molecule has 8 atom stereocenters. The van der Waals surface area contributed by atoms with Crippen molar-refractivity contribution in [3.05, 3.63) is 28.6 Å². The number of carboxylic acid groups (broad SMARTS) is 1. The second-order valence-corrected chi connectivity index (χ2v) is 21.8. The largest absolute Gasteiger partial charge is 0.491 e. The molecule has 8 rings (SSSR count). The van der Waals surface area contributed by atoms with Crippen LogP contribution in [0, 0.1) is 23.2 Å².